The third-order valence-electron chi connectivity index (χ3n) is 2.87. The predicted octanol–water partition coefficient (Wildman–Crippen LogP) is 3.13. The van der Waals surface area contributed by atoms with Crippen molar-refractivity contribution in [3.63, 3.8) is 0 Å². The van der Waals surface area contributed by atoms with Crippen LogP contribution in [0.2, 0.25) is 0 Å². The quantitative estimate of drug-likeness (QED) is 0.417. The standard InChI is InChI=1S/C9H13Br/c1-9(2)5-3-4-6-7(9)8(6)10/h4,7-8H,3,5H2,1-2H3. The summed E-state index contributed by atoms with van der Waals surface area (Å²) in [4.78, 5) is 0.727. The van der Waals surface area contributed by atoms with Gasteiger partial charge < -0.3 is 0 Å². The molecule has 56 valence electrons. The fourth-order valence-corrected chi connectivity index (χ4v) is 3.44. The van der Waals surface area contributed by atoms with Crippen LogP contribution in [-0.4, -0.2) is 4.83 Å². The van der Waals surface area contributed by atoms with Crippen LogP contribution in [0.1, 0.15) is 26.7 Å². The van der Waals surface area contributed by atoms with E-state index in [-0.39, 0.29) is 0 Å². The molecule has 2 atom stereocenters. The number of fused-ring (bicyclic) bond motifs is 1. The summed E-state index contributed by atoms with van der Waals surface area (Å²) in [5, 5.41) is 0. The summed E-state index contributed by atoms with van der Waals surface area (Å²) in [6, 6.07) is 0. The van der Waals surface area contributed by atoms with Crippen molar-refractivity contribution in [2.24, 2.45) is 11.3 Å². The van der Waals surface area contributed by atoms with E-state index in [1.165, 1.54) is 12.8 Å². The van der Waals surface area contributed by atoms with Crippen LogP contribution in [0, 0.1) is 11.3 Å². The van der Waals surface area contributed by atoms with Gasteiger partial charge in [0.05, 0.1) is 0 Å². The Bertz CT molecular complexity index is 191. The lowest BCUT2D eigenvalue weighted by molar-refractivity contribution is 0.290. The molecule has 0 aliphatic heterocycles. The van der Waals surface area contributed by atoms with Crippen LogP contribution in [0.15, 0.2) is 11.6 Å². The molecule has 0 N–H and O–H groups in total. The zero-order valence-corrected chi connectivity index (χ0v) is 8.11. The van der Waals surface area contributed by atoms with Crippen LogP contribution in [-0.2, 0) is 0 Å². The van der Waals surface area contributed by atoms with Crippen LogP contribution in [0.3, 0.4) is 0 Å². The van der Waals surface area contributed by atoms with E-state index in [1.54, 1.807) is 5.57 Å². The van der Waals surface area contributed by atoms with Crippen molar-refractivity contribution in [3.8, 4) is 0 Å². The molecular formula is C9H13Br. The summed E-state index contributed by atoms with van der Waals surface area (Å²) in [6.07, 6.45) is 5.07. The van der Waals surface area contributed by atoms with Gasteiger partial charge in [-0.05, 0) is 18.3 Å². The SMILES string of the molecule is CC1(C)CCC=C2C(Br)C21. The molecule has 0 radical (unpaired) electrons. The minimum Gasteiger partial charge on any atom is -0.0838 e. The van der Waals surface area contributed by atoms with Gasteiger partial charge in [-0.1, -0.05) is 41.4 Å². The van der Waals surface area contributed by atoms with Gasteiger partial charge >= 0.3 is 0 Å². The van der Waals surface area contributed by atoms with E-state index in [4.69, 9.17) is 0 Å². The molecule has 0 bridgehead atoms. The summed E-state index contributed by atoms with van der Waals surface area (Å²) in [6.45, 7) is 4.76. The average molecular weight is 201 g/mol. The zero-order valence-electron chi connectivity index (χ0n) is 6.52. The Labute approximate surface area is 70.8 Å². The topological polar surface area (TPSA) is 0 Å². The van der Waals surface area contributed by atoms with Crippen molar-refractivity contribution >= 4 is 15.9 Å². The highest BCUT2D eigenvalue weighted by Crippen LogP contribution is 2.59. The van der Waals surface area contributed by atoms with Crippen LogP contribution in [0.4, 0.5) is 0 Å². The first-order chi connectivity index (χ1) is 4.63. The summed E-state index contributed by atoms with van der Waals surface area (Å²) in [5.41, 5.74) is 2.23. The number of alkyl halides is 1. The minimum atomic E-state index is 0.568. The maximum atomic E-state index is 3.68. The molecule has 0 amide bonds. The molecule has 0 saturated heterocycles. The molecule has 2 rings (SSSR count). The van der Waals surface area contributed by atoms with Gasteiger partial charge in [0.2, 0.25) is 0 Å². The van der Waals surface area contributed by atoms with Crippen molar-refractivity contribution < 1.29 is 0 Å². The second-order valence-electron chi connectivity index (χ2n) is 4.11. The average Bonchev–Trinajstić information content (AvgIpc) is 2.43. The molecule has 0 heterocycles. The van der Waals surface area contributed by atoms with Crippen molar-refractivity contribution in [1.82, 2.24) is 0 Å². The number of halogens is 1. The van der Waals surface area contributed by atoms with Crippen LogP contribution in [0.5, 0.6) is 0 Å². The van der Waals surface area contributed by atoms with Gasteiger partial charge in [-0.3, -0.25) is 0 Å². The molecule has 10 heavy (non-hydrogen) atoms. The summed E-state index contributed by atoms with van der Waals surface area (Å²) < 4.78 is 0. The lowest BCUT2D eigenvalue weighted by Crippen LogP contribution is -2.16. The van der Waals surface area contributed by atoms with Gasteiger partial charge in [-0.25, -0.2) is 0 Å². The fourth-order valence-electron chi connectivity index (χ4n) is 2.10. The Balaban J connectivity index is 2.26. The third-order valence-corrected chi connectivity index (χ3v) is 3.93. The van der Waals surface area contributed by atoms with E-state index in [1.807, 2.05) is 0 Å². The van der Waals surface area contributed by atoms with Gasteiger partial charge in [-0.2, -0.15) is 0 Å². The van der Waals surface area contributed by atoms with E-state index in [9.17, 15) is 0 Å². The highest BCUT2D eigenvalue weighted by atomic mass is 79.9. The lowest BCUT2D eigenvalue weighted by atomic mass is 9.80. The maximum Gasteiger partial charge on any atom is 0.0429 e. The van der Waals surface area contributed by atoms with Gasteiger partial charge in [0.25, 0.3) is 0 Å². The maximum absolute atomic E-state index is 3.68. The Hall–Kier alpha value is 0.220. The first-order valence-electron chi connectivity index (χ1n) is 3.97. The molecule has 2 unspecified atom stereocenters. The Morgan fingerprint density at radius 2 is 2.30 bits per heavy atom. The summed E-state index contributed by atoms with van der Waals surface area (Å²) >= 11 is 3.68. The molecule has 2 aliphatic rings. The second kappa shape index (κ2) is 1.88. The highest BCUT2D eigenvalue weighted by molar-refractivity contribution is 9.09. The molecule has 0 aromatic rings. The van der Waals surface area contributed by atoms with Crippen LogP contribution >= 0.6 is 15.9 Å². The molecule has 0 spiro atoms. The van der Waals surface area contributed by atoms with Gasteiger partial charge in [0, 0.05) is 10.7 Å². The zero-order chi connectivity index (χ0) is 7.35. The normalized spacial score (nSPS) is 42.1. The summed E-state index contributed by atoms with van der Waals surface area (Å²) in [7, 11) is 0. The largest absolute Gasteiger partial charge is 0.0838 e. The first kappa shape index (κ1) is 6.90. The first-order valence-corrected chi connectivity index (χ1v) is 4.88. The van der Waals surface area contributed by atoms with Crippen molar-refractivity contribution in [2.75, 3.05) is 0 Å². The number of hydrogen-bond donors (Lipinski definition) is 0. The van der Waals surface area contributed by atoms with E-state index >= 15 is 0 Å². The minimum absolute atomic E-state index is 0.568. The monoisotopic (exact) mass is 200 g/mol. The van der Waals surface area contributed by atoms with Crippen LogP contribution < -0.4 is 0 Å². The smallest absolute Gasteiger partial charge is 0.0429 e. The lowest BCUT2D eigenvalue weighted by Gasteiger charge is -2.25. The number of allylic oxidation sites excluding steroid dienone is 2. The van der Waals surface area contributed by atoms with Crippen LogP contribution in [0.25, 0.3) is 0 Å². The molecule has 2 aliphatic carbocycles. The molecule has 0 aromatic carbocycles. The molecule has 1 heteroatoms. The van der Waals surface area contributed by atoms with Gasteiger partial charge in [0.15, 0.2) is 0 Å². The van der Waals surface area contributed by atoms with Crippen molar-refractivity contribution in [2.45, 2.75) is 31.5 Å². The van der Waals surface area contributed by atoms with Crippen molar-refractivity contribution in [3.05, 3.63) is 11.6 Å². The van der Waals surface area contributed by atoms with E-state index in [0.717, 1.165) is 10.7 Å². The molecule has 0 nitrogen and oxygen atoms in total. The van der Waals surface area contributed by atoms with E-state index < -0.39 is 0 Å². The second-order valence-corrected chi connectivity index (χ2v) is 5.10. The number of hydrogen-bond acceptors (Lipinski definition) is 0. The fraction of sp³-hybridized carbons (Fsp3) is 0.778. The third kappa shape index (κ3) is 0.795. The predicted molar refractivity (Wildman–Crippen MR) is 47.3 cm³/mol. The molecule has 0 aromatic heterocycles. The summed E-state index contributed by atoms with van der Waals surface area (Å²) in [5.74, 6) is 0.862. The molecule has 1 saturated carbocycles. The molecule has 1 fully saturated rings. The van der Waals surface area contributed by atoms with Gasteiger partial charge in [0.1, 0.15) is 0 Å². The molecular weight excluding hydrogens is 188 g/mol. The Morgan fingerprint density at radius 1 is 1.60 bits per heavy atom. The Morgan fingerprint density at radius 3 is 2.80 bits per heavy atom. The number of rotatable bonds is 0. The van der Waals surface area contributed by atoms with Gasteiger partial charge in [-0.15, -0.1) is 0 Å². The highest BCUT2D eigenvalue weighted by Gasteiger charge is 2.52. The van der Waals surface area contributed by atoms with E-state index in [2.05, 4.69) is 35.9 Å². The van der Waals surface area contributed by atoms with E-state index in [0.29, 0.717) is 5.41 Å². The Kier molecular flexibility index (Phi) is 1.30. The van der Waals surface area contributed by atoms with Crippen molar-refractivity contribution in [1.29, 1.82) is 0 Å².